The summed E-state index contributed by atoms with van der Waals surface area (Å²) in [6.45, 7) is 0.0973. The fourth-order valence-corrected chi connectivity index (χ4v) is 3.17. The minimum absolute atomic E-state index is 0.0973. The molecule has 2 rings (SSSR count). The van der Waals surface area contributed by atoms with Crippen molar-refractivity contribution in [3.05, 3.63) is 70.8 Å². The fourth-order valence-electron chi connectivity index (χ4n) is 3.17. The average molecular weight is 364 g/mol. The van der Waals surface area contributed by atoms with Gasteiger partial charge >= 0.3 is 6.18 Å². The maximum absolute atomic E-state index is 12.5. The Morgan fingerprint density at radius 3 is 1.77 bits per heavy atom. The lowest BCUT2D eigenvalue weighted by Gasteiger charge is -2.08. The van der Waals surface area contributed by atoms with Gasteiger partial charge in [-0.05, 0) is 54.5 Å². The molecular formula is C22H27F3O. The Bertz CT molecular complexity index is 647. The Balaban J connectivity index is 1.55. The van der Waals surface area contributed by atoms with Crippen LogP contribution in [-0.2, 0) is 25.6 Å². The lowest BCUT2D eigenvalue weighted by molar-refractivity contribution is -0.137. The van der Waals surface area contributed by atoms with Gasteiger partial charge in [0.1, 0.15) is 0 Å². The summed E-state index contributed by atoms with van der Waals surface area (Å²) in [5.41, 5.74) is 2.64. The van der Waals surface area contributed by atoms with E-state index in [0.29, 0.717) is 0 Å². The smallest absolute Gasteiger partial charge is 0.392 e. The molecule has 2 aromatic rings. The van der Waals surface area contributed by atoms with Crippen LogP contribution in [0.3, 0.4) is 0 Å². The topological polar surface area (TPSA) is 20.2 Å². The van der Waals surface area contributed by atoms with Crippen molar-refractivity contribution < 1.29 is 18.3 Å². The van der Waals surface area contributed by atoms with Gasteiger partial charge < -0.3 is 5.11 Å². The van der Waals surface area contributed by atoms with Gasteiger partial charge in [-0.1, -0.05) is 62.1 Å². The molecule has 0 unspecified atom stereocenters. The van der Waals surface area contributed by atoms with E-state index in [-0.39, 0.29) is 6.61 Å². The monoisotopic (exact) mass is 364 g/mol. The summed E-state index contributed by atoms with van der Waals surface area (Å²) in [7, 11) is 0. The molecule has 0 aliphatic rings. The molecule has 1 nitrogen and oxygen atoms in total. The largest absolute Gasteiger partial charge is 0.416 e. The van der Waals surface area contributed by atoms with Crippen LogP contribution in [-0.4, -0.2) is 5.11 Å². The van der Waals surface area contributed by atoms with Gasteiger partial charge in [0.2, 0.25) is 0 Å². The summed E-state index contributed by atoms with van der Waals surface area (Å²) >= 11 is 0. The fraction of sp³-hybridized carbons (Fsp3) is 0.455. The number of rotatable bonds is 10. The Morgan fingerprint density at radius 1 is 0.654 bits per heavy atom. The van der Waals surface area contributed by atoms with Gasteiger partial charge in [-0.25, -0.2) is 0 Å². The van der Waals surface area contributed by atoms with Crippen molar-refractivity contribution in [1.29, 1.82) is 0 Å². The van der Waals surface area contributed by atoms with Gasteiger partial charge in [-0.2, -0.15) is 13.2 Å². The molecule has 0 radical (unpaired) electrons. The van der Waals surface area contributed by atoms with Crippen molar-refractivity contribution in [2.75, 3.05) is 0 Å². The van der Waals surface area contributed by atoms with Crippen molar-refractivity contribution in [2.45, 2.75) is 64.1 Å². The van der Waals surface area contributed by atoms with Crippen molar-refractivity contribution >= 4 is 0 Å². The van der Waals surface area contributed by atoms with Crippen LogP contribution in [0.25, 0.3) is 0 Å². The highest BCUT2D eigenvalue weighted by atomic mass is 19.4. The van der Waals surface area contributed by atoms with E-state index in [2.05, 4.69) is 6.07 Å². The molecular weight excluding hydrogens is 337 g/mol. The number of alkyl halides is 3. The SMILES string of the molecule is OCc1ccccc1CCCCCCCCc1ccc(C(F)(F)F)cc1. The number of hydrogen-bond acceptors (Lipinski definition) is 1. The highest BCUT2D eigenvalue weighted by molar-refractivity contribution is 5.26. The van der Waals surface area contributed by atoms with E-state index in [4.69, 9.17) is 0 Å². The third kappa shape index (κ3) is 6.83. The first-order valence-corrected chi connectivity index (χ1v) is 9.34. The van der Waals surface area contributed by atoms with Gasteiger partial charge in [0.05, 0.1) is 12.2 Å². The second-order valence-corrected chi connectivity index (χ2v) is 6.74. The zero-order valence-electron chi connectivity index (χ0n) is 15.1. The molecule has 0 aromatic heterocycles. The third-order valence-corrected chi connectivity index (χ3v) is 4.73. The first kappa shape index (κ1) is 20.5. The molecule has 26 heavy (non-hydrogen) atoms. The second-order valence-electron chi connectivity index (χ2n) is 6.74. The van der Waals surface area contributed by atoms with Gasteiger partial charge in [-0.15, -0.1) is 0 Å². The number of hydrogen-bond donors (Lipinski definition) is 1. The quantitative estimate of drug-likeness (QED) is 0.489. The molecule has 0 saturated carbocycles. The number of aliphatic hydroxyl groups is 1. The summed E-state index contributed by atoms with van der Waals surface area (Å²) in [4.78, 5) is 0. The standard InChI is InChI=1S/C22H27F3O/c23-22(24,25)21-15-13-18(14-16-21)9-5-3-1-2-4-6-10-19-11-7-8-12-20(19)17-26/h7-8,11-16,26H,1-6,9-10,17H2. The first-order chi connectivity index (χ1) is 12.5. The molecule has 0 saturated heterocycles. The molecule has 0 fully saturated rings. The summed E-state index contributed by atoms with van der Waals surface area (Å²) in [5, 5.41) is 9.31. The Kier molecular flexibility index (Phi) is 8.17. The average Bonchev–Trinajstić information content (AvgIpc) is 2.64. The summed E-state index contributed by atoms with van der Waals surface area (Å²) < 4.78 is 37.5. The predicted molar refractivity (Wildman–Crippen MR) is 98.9 cm³/mol. The van der Waals surface area contributed by atoms with Gasteiger partial charge in [0, 0.05) is 0 Å². The second kappa shape index (κ2) is 10.4. The lowest BCUT2D eigenvalue weighted by Crippen LogP contribution is -2.04. The van der Waals surface area contributed by atoms with E-state index in [9.17, 15) is 18.3 Å². The summed E-state index contributed by atoms with van der Waals surface area (Å²) in [6, 6.07) is 13.5. The third-order valence-electron chi connectivity index (χ3n) is 4.73. The zero-order valence-corrected chi connectivity index (χ0v) is 15.1. The normalized spacial score (nSPS) is 11.7. The van der Waals surface area contributed by atoms with Crippen molar-refractivity contribution in [2.24, 2.45) is 0 Å². The minimum atomic E-state index is -4.25. The van der Waals surface area contributed by atoms with E-state index in [1.54, 1.807) is 12.1 Å². The molecule has 0 amide bonds. The Morgan fingerprint density at radius 2 is 1.19 bits per heavy atom. The number of aliphatic hydroxyl groups excluding tert-OH is 1. The predicted octanol–water partition coefficient (Wildman–Crippen LogP) is 6.32. The van der Waals surface area contributed by atoms with Crippen molar-refractivity contribution in [3.8, 4) is 0 Å². The molecule has 142 valence electrons. The van der Waals surface area contributed by atoms with Gasteiger partial charge in [-0.3, -0.25) is 0 Å². The number of aryl methyl sites for hydroxylation is 2. The van der Waals surface area contributed by atoms with Crippen LogP contribution in [0, 0.1) is 0 Å². The maximum Gasteiger partial charge on any atom is 0.416 e. The van der Waals surface area contributed by atoms with Crippen LogP contribution < -0.4 is 0 Å². The van der Waals surface area contributed by atoms with Crippen LogP contribution >= 0.6 is 0 Å². The van der Waals surface area contributed by atoms with Crippen LogP contribution in [0.5, 0.6) is 0 Å². The van der Waals surface area contributed by atoms with E-state index in [1.165, 1.54) is 30.5 Å². The number of unbranched alkanes of at least 4 members (excludes halogenated alkanes) is 5. The Hall–Kier alpha value is -1.81. The van der Waals surface area contributed by atoms with E-state index < -0.39 is 11.7 Å². The van der Waals surface area contributed by atoms with Crippen LogP contribution in [0.4, 0.5) is 13.2 Å². The highest BCUT2D eigenvalue weighted by Gasteiger charge is 2.29. The molecule has 4 heteroatoms. The molecule has 0 bridgehead atoms. The molecule has 1 N–H and O–H groups in total. The molecule has 0 aliphatic carbocycles. The van der Waals surface area contributed by atoms with Gasteiger partial charge in [0.25, 0.3) is 0 Å². The molecule has 0 atom stereocenters. The zero-order chi connectivity index (χ0) is 18.8. The maximum atomic E-state index is 12.5. The van der Waals surface area contributed by atoms with Crippen LogP contribution in [0.15, 0.2) is 48.5 Å². The highest BCUT2D eigenvalue weighted by Crippen LogP contribution is 2.29. The minimum Gasteiger partial charge on any atom is -0.392 e. The lowest BCUT2D eigenvalue weighted by atomic mass is 10.00. The first-order valence-electron chi connectivity index (χ1n) is 9.34. The number of halogens is 3. The van der Waals surface area contributed by atoms with Gasteiger partial charge in [0.15, 0.2) is 0 Å². The summed E-state index contributed by atoms with van der Waals surface area (Å²) in [6.07, 6.45) is 4.32. The van der Waals surface area contributed by atoms with Crippen molar-refractivity contribution in [3.63, 3.8) is 0 Å². The van der Waals surface area contributed by atoms with Crippen LogP contribution in [0.2, 0.25) is 0 Å². The van der Waals surface area contributed by atoms with E-state index >= 15 is 0 Å². The van der Waals surface area contributed by atoms with E-state index in [0.717, 1.165) is 49.7 Å². The molecule has 0 heterocycles. The van der Waals surface area contributed by atoms with Crippen molar-refractivity contribution in [1.82, 2.24) is 0 Å². The Labute approximate surface area is 153 Å². The number of benzene rings is 2. The summed E-state index contributed by atoms with van der Waals surface area (Å²) in [5.74, 6) is 0. The van der Waals surface area contributed by atoms with Crippen LogP contribution in [0.1, 0.15) is 60.8 Å². The molecule has 0 aliphatic heterocycles. The molecule has 0 spiro atoms. The molecule has 2 aromatic carbocycles. The van der Waals surface area contributed by atoms with E-state index in [1.807, 2.05) is 18.2 Å².